The van der Waals surface area contributed by atoms with Gasteiger partial charge in [-0.05, 0) is 37.5 Å². The molecule has 1 amide bonds. The third-order valence-corrected chi connectivity index (χ3v) is 5.97. The predicted molar refractivity (Wildman–Crippen MR) is 107 cm³/mol. The lowest BCUT2D eigenvalue weighted by molar-refractivity contribution is -0.137. The fourth-order valence-corrected chi connectivity index (χ4v) is 4.45. The number of carbonyl (C=O) groups is 1. The van der Waals surface area contributed by atoms with Crippen LogP contribution in [0.25, 0.3) is 0 Å². The van der Waals surface area contributed by atoms with Gasteiger partial charge in [-0.2, -0.15) is 13.2 Å². The maximum Gasteiger partial charge on any atom is 0.417 e. The highest BCUT2D eigenvalue weighted by molar-refractivity contribution is 6.34. The Labute approximate surface area is 180 Å². The fraction of sp³-hybridized carbons (Fsp3) is 0.350. The second-order valence-electron chi connectivity index (χ2n) is 7.39. The number of piperazine rings is 1. The van der Waals surface area contributed by atoms with E-state index in [0.29, 0.717) is 12.8 Å². The predicted octanol–water partition coefficient (Wildman–Crippen LogP) is 3.83. The molecular formula is C20H18ClF3N6O. The number of alkyl halides is 3. The van der Waals surface area contributed by atoms with Crippen LogP contribution in [0, 0.1) is 10.8 Å². The summed E-state index contributed by atoms with van der Waals surface area (Å²) in [5.74, 6) is -0.514. The Hall–Kier alpha value is -3.01. The molecular weight excluding hydrogens is 433 g/mol. The van der Waals surface area contributed by atoms with Crippen molar-refractivity contribution in [2.75, 3.05) is 6.54 Å². The van der Waals surface area contributed by atoms with Crippen LogP contribution in [0.1, 0.15) is 41.0 Å². The molecule has 2 fully saturated rings. The average Bonchev–Trinajstić information content (AvgIpc) is 2.75. The quantitative estimate of drug-likeness (QED) is 0.536. The van der Waals surface area contributed by atoms with Gasteiger partial charge in [-0.3, -0.25) is 15.6 Å². The molecule has 2 saturated heterocycles. The molecule has 2 aliphatic rings. The molecule has 0 saturated carbocycles. The minimum absolute atomic E-state index is 0.0184. The average molecular weight is 451 g/mol. The Bertz CT molecular complexity index is 1040. The molecule has 11 heteroatoms. The zero-order valence-corrected chi connectivity index (χ0v) is 16.9. The monoisotopic (exact) mass is 450 g/mol. The number of likely N-dealkylation sites (tertiary alicyclic amines) is 1. The molecule has 0 spiro atoms. The molecule has 2 aliphatic heterocycles. The summed E-state index contributed by atoms with van der Waals surface area (Å²) in [6.45, 7) is 0.161. The van der Waals surface area contributed by atoms with Crippen molar-refractivity contribution in [3.8, 4) is 0 Å². The lowest BCUT2D eigenvalue weighted by atomic mass is 9.89. The zero-order chi connectivity index (χ0) is 22.3. The van der Waals surface area contributed by atoms with Gasteiger partial charge in [0.05, 0.1) is 28.2 Å². The molecule has 3 heterocycles. The number of carbonyl (C=O) groups excluding carboxylic acids is 1. The molecule has 0 aliphatic carbocycles. The summed E-state index contributed by atoms with van der Waals surface area (Å²) in [5, 5.41) is 16.4. The van der Waals surface area contributed by atoms with Crippen LogP contribution in [-0.4, -0.2) is 56.0 Å². The van der Waals surface area contributed by atoms with Gasteiger partial charge < -0.3 is 9.80 Å². The molecule has 2 N–H and O–H groups in total. The van der Waals surface area contributed by atoms with Gasteiger partial charge in [-0.25, -0.2) is 9.97 Å². The molecule has 0 radical (unpaired) electrons. The standard InChI is InChI=1S/C20H18ClF3N6O/c21-15-12(5-2-6-13(15)20(22,23)24)19(31)30-11-4-1-7-14(30)16(25)29(10-11)17(26)18-27-8-3-9-28-18/h2-3,5-6,8-9,11,14,25-26H,1,4,7,10H2/t11-,14?/m1/s1. The van der Waals surface area contributed by atoms with Gasteiger partial charge in [-0.1, -0.05) is 17.7 Å². The molecule has 2 aromatic rings. The van der Waals surface area contributed by atoms with Crippen LogP contribution in [0.5, 0.6) is 0 Å². The van der Waals surface area contributed by atoms with Crippen molar-refractivity contribution in [2.24, 2.45) is 0 Å². The summed E-state index contributed by atoms with van der Waals surface area (Å²) in [6.07, 6.45) is 0.149. The number of nitrogens with zero attached hydrogens (tertiary/aromatic N) is 4. The minimum atomic E-state index is -4.68. The summed E-state index contributed by atoms with van der Waals surface area (Å²) in [6, 6.07) is 3.82. The lowest BCUT2D eigenvalue weighted by Crippen LogP contribution is -2.66. The van der Waals surface area contributed by atoms with Crippen molar-refractivity contribution < 1.29 is 18.0 Å². The van der Waals surface area contributed by atoms with E-state index in [1.54, 1.807) is 6.07 Å². The topological polar surface area (TPSA) is 97.0 Å². The highest BCUT2D eigenvalue weighted by Gasteiger charge is 2.46. The summed E-state index contributed by atoms with van der Waals surface area (Å²) in [5.41, 5.74) is -1.31. The summed E-state index contributed by atoms with van der Waals surface area (Å²) in [7, 11) is 0. The Balaban J connectivity index is 1.65. The van der Waals surface area contributed by atoms with Crippen LogP contribution in [0.3, 0.4) is 0 Å². The smallest absolute Gasteiger partial charge is 0.324 e. The van der Waals surface area contributed by atoms with Crippen molar-refractivity contribution in [1.29, 1.82) is 10.8 Å². The van der Waals surface area contributed by atoms with Crippen LogP contribution in [0.4, 0.5) is 13.2 Å². The third kappa shape index (κ3) is 3.76. The molecule has 1 aromatic carbocycles. The highest BCUT2D eigenvalue weighted by Crippen LogP contribution is 2.38. The maximum atomic E-state index is 13.3. The molecule has 2 atom stereocenters. The van der Waals surface area contributed by atoms with Gasteiger partial charge >= 0.3 is 6.18 Å². The van der Waals surface area contributed by atoms with E-state index < -0.39 is 28.7 Å². The Kier molecular flexibility index (Phi) is 5.42. The van der Waals surface area contributed by atoms with Crippen molar-refractivity contribution >= 4 is 29.2 Å². The maximum absolute atomic E-state index is 13.3. The SMILES string of the molecule is N=C(c1ncccn1)N1C[C@H]2CCCC(C1=N)N2C(=O)c1cccc(C(F)(F)F)c1Cl. The van der Waals surface area contributed by atoms with E-state index in [2.05, 4.69) is 9.97 Å². The molecule has 7 nitrogen and oxygen atoms in total. The largest absolute Gasteiger partial charge is 0.417 e. The third-order valence-electron chi connectivity index (χ3n) is 5.56. The second kappa shape index (κ2) is 7.92. The molecule has 2 bridgehead atoms. The first-order valence-electron chi connectivity index (χ1n) is 9.60. The van der Waals surface area contributed by atoms with E-state index in [4.69, 9.17) is 22.4 Å². The van der Waals surface area contributed by atoms with Crippen molar-refractivity contribution in [3.05, 3.63) is 58.6 Å². The molecule has 31 heavy (non-hydrogen) atoms. The van der Waals surface area contributed by atoms with E-state index in [1.165, 1.54) is 28.3 Å². The summed E-state index contributed by atoms with van der Waals surface area (Å²) < 4.78 is 39.7. The second-order valence-corrected chi connectivity index (χ2v) is 7.77. The number of nitrogens with one attached hydrogen (secondary N) is 2. The normalized spacial score (nSPS) is 21.2. The van der Waals surface area contributed by atoms with Crippen LogP contribution >= 0.6 is 11.6 Å². The van der Waals surface area contributed by atoms with E-state index in [1.807, 2.05) is 0 Å². The van der Waals surface area contributed by atoms with Crippen LogP contribution in [-0.2, 0) is 6.18 Å². The van der Waals surface area contributed by atoms with E-state index in [0.717, 1.165) is 18.6 Å². The van der Waals surface area contributed by atoms with Gasteiger partial charge in [-0.15, -0.1) is 0 Å². The van der Waals surface area contributed by atoms with Gasteiger partial charge in [0.25, 0.3) is 5.91 Å². The number of benzene rings is 1. The van der Waals surface area contributed by atoms with Crippen molar-refractivity contribution in [2.45, 2.75) is 37.5 Å². The first-order valence-corrected chi connectivity index (χ1v) is 9.98. The number of amidine groups is 2. The van der Waals surface area contributed by atoms with Gasteiger partial charge in [0.2, 0.25) is 0 Å². The number of halogens is 4. The van der Waals surface area contributed by atoms with Gasteiger partial charge in [0, 0.05) is 18.9 Å². The fourth-order valence-electron chi connectivity index (χ4n) is 4.13. The van der Waals surface area contributed by atoms with Crippen molar-refractivity contribution in [3.63, 3.8) is 0 Å². The Morgan fingerprint density at radius 1 is 1.16 bits per heavy atom. The van der Waals surface area contributed by atoms with E-state index in [9.17, 15) is 18.0 Å². The zero-order valence-electron chi connectivity index (χ0n) is 16.2. The number of fused-ring (bicyclic) bond motifs is 2. The lowest BCUT2D eigenvalue weighted by Gasteiger charge is -2.50. The number of aromatic nitrogens is 2. The Morgan fingerprint density at radius 2 is 1.87 bits per heavy atom. The first-order chi connectivity index (χ1) is 14.7. The molecule has 1 unspecified atom stereocenters. The van der Waals surface area contributed by atoms with Crippen LogP contribution < -0.4 is 0 Å². The van der Waals surface area contributed by atoms with Crippen LogP contribution in [0.15, 0.2) is 36.7 Å². The minimum Gasteiger partial charge on any atom is -0.324 e. The molecule has 162 valence electrons. The van der Waals surface area contributed by atoms with Crippen molar-refractivity contribution in [1.82, 2.24) is 19.8 Å². The number of rotatable bonds is 2. The van der Waals surface area contributed by atoms with Gasteiger partial charge in [0.15, 0.2) is 11.7 Å². The van der Waals surface area contributed by atoms with Gasteiger partial charge in [0.1, 0.15) is 5.84 Å². The van der Waals surface area contributed by atoms with E-state index in [-0.39, 0.29) is 35.6 Å². The Morgan fingerprint density at radius 3 is 2.55 bits per heavy atom. The highest BCUT2D eigenvalue weighted by atomic mass is 35.5. The number of piperidine rings is 1. The van der Waals surface area contributed by atoms with Crippen LogP contribution in [0.2, 0.25) is 5.02 Å². The number of amides is 1. The number of hydrogen-bond acceptors (Lipinski definition) is 5. The molecule has 1 aromatic heterocycles. The van der Waals surface area contributed by atoms with E-state index >= 15 is 0 Å². The summed E-state index contributed by atoms with van der Waals surface area (Å²) >= 11 is 5.98. The first kappa shape index (κ1) is 21.2. The molecule has 4 rings (SSSR count). The summed E-state index contributed by atoms with van der Waals surface area (Å²) in [4.78, 5) is 24.3. The number of hydrogen-bond donors (Lipinski definition) is 2.